The molecule has 182 valence electrons. The van der Waals surface area contributed by atoms with Crippen molar-refractivity contribution in [1.29, 1.82) is 0 Å². The first-order chi connectivity index (χ1) is 17.5. The fourth-order valence-electron chi connectivity index (χ4n) is 4.84. The summed E-state index contributed by atoms with van der Waals surface area (Å²) in [5.74, 6) is 1.34. The van der Waals surface area contributed by atoms with Crippen LogP contribution in [0.1, 0.15) is 21.7 Å². The van der Waals surface area contributed by atoms with E-state index in [1.165, 1.54) is 11.3 Å². The van der Waals surface area contributed by atoms with Crippen LogP contribution in [-0.4, -0.2) is 48.0 Å². The summed E-state index contributed by atoms with van der Waals surface area (Å²) >= 11 is 1.32. The lowest BCUT2D eigenvalue weighted by Crippen LogP contribution is -2.39. The number of hydrogen-bond donors (Lipinski definition) is 2. The monoisotopic (exact) mass is 499 g/mol. The fraction of sp³-hybridized carbons (Fsp3) is 0.222. The largest absolute Gasteiger partial charge is 0.457 e. The number of aryl methyl sites for hydroxylation is 1. The van der Waals surface area contributed by atoms with E-state index in [2.05, 4.69) is 15.6 Å². The maximum atomic E-state index is 13.5. The zero-order valence-electron chi connectivity index (χ0n) is 19.9. The van der Waals surface area contributed by atoms with Gasteiger partial charge in [0.15, 0.2) is 0 Å². The van der Waals surface area contributed by atoms with E-state index in [9.17, 15) is 9.59 Å². The van der Waals surface area contributed by atoms with Gasteiger partial charge in [-0.05, 0) is 61.9 Å². The molecular weight excluding hydrogens is 474 g/mol. The van der Waals surface area contributed by atoms with Gasteiger partial charge in [-0.15, -0.1) is 11.3 Å². The summed E-state index contributed by atoms with van der Waals surface area (Å²) < 4.78 is 5.96. The number of thiophene rings is 1. The molecule has 2 aromatic heterocycles. The van der Waals surface area contributed by atoms with Crippen molar-refractivity contribution in [3.8, 4) is 11.5 Å². The zero-order chi connectivity index (χ0) is 24.8. The van der Waals surface area contributed by atoms with E-state index in [1.54, 1.807) is 16.0 Å². The maximum Gasteiger partial charge on any atom is 0.331 e. The van der Waals surface area contributed by atoms with Crippen molar-refractivity contribution in [1.82, 2.24) is 15.2 Å². The summed E-state index contributed by atoms with van der Waals surface area (Å²) in [5, 5.41) is 7.08. The van der Waals surface area contributed by atoms with Gasteiger partial charge in [-0.25, -0.2) is 9.78 Å². The van der Waals surface area contributed by atoms with Gasteiger partial charge < -0.3 is 20.3 Å². The lowest BCUT2D eigenvalue weighted by Gasteiger charge is -2.30. The smallest absolute Gasteiger partial charge is 0.331 e. The minimum absolute atomic E-state index is 0.0972. The molecule has 2 N–H and O–H groups in total. The third-order valence-corrected chi connectivity index (χ3v) is 7.82. The van der Waals surface area contributed by atoms with Crippen molar-refractivity contribution in [2.24, 2.45) is 0 Å². The summed E-state index contributed by atoms with van der Waals surface area (Å²) in [6.07, 6.45) is 2.60. The van der Waals surface area contributed by atoms with Gasteiger partial charge in [0.2, 0.25) is 0 Å². The third-order valence-electron chi connectivity index (χ3n) is 6.73. The van der Waals surface area contributed by atoms with Crippen LogP contribution in [-0.2, 0) is 0 Å². The first-order valence-corrected chi connectivity index (χ1v) is 12.7. The molecule has 0 saturated carbocycles. The Kier molecular flexibility index (Phi) is 5.58. The molecule has 2 aliphatic heterocycles. The lowest BCUT2D eigenvalue weighted by atomic mass is 10.1. The molecule has 3 amide bonds. The second kappa shape index (κ2) is 8.92. The summed E-state index contributed by atoms with van der Waals surface area (Å²) in [5.41, 5.74) is 2.87. The van der Waals surface area contributed by atoms with Crippen LogP contribution in [0, 0.1) is 6.92 Å². The van der Waals surface area contributed by atoms with Crippen LogP contribution in [0.25, 0.3) is 10.2 Å². The van der Waals surface area contributed by atoms with E-state index in [0.29, 0.717) is 22.0 Å². The minimum Gasteiger partial charge on any atom is -0.457 e. The predicted molar refractivity (Wildman–Crippen MR) is 142 cm³/mol. The number of pyridine rings is 1. The Morgan fingerprint density at radius 1 is 1.14 bits per heavy atom. The molecule has 4 aromatic rings. The van der Waals surface area contributed by atoms with Gasteiger partial charge >= 0.3 is 6.03 Å². The average Bonchev–Trinajstić information content (AvgIpc) is 3.54. The average molecular weight is 500 g/mol. The van der Waals surface area contributed by atoms with Crippen molar-refractivity contribution in [2.75, 3.05) is 30.4 Å². The Morgan fingerprint density at radius 3 is 2.72 bits per heavy atom. The molecule has 4 heterocycles. The minimum atomic E-state index is -0.313. The quantitative estimate of drug-likeness (QED) is 0.378. The highest BCUT2D eigenvalue weighted by Gasteiger charge is 2.35. The second-order valence-corrected chi connectivity index (χ2v) is 10.0. The number of nitrogens with zero attached hydrogens (tertiary/aromatic N) is 3. The number of amides is 3. The molecule has 8 nitrogen and oxygen atoms in total. The van der Waals surface area contributed by atoms with Gasteiger partial charge in [-0.1, -0.05) is 18.2 Å². The third kappa shape index (κ3) is 3.77. The molecule has 0 aliphatic carbocycles. The molecular formula is C27H25N5O3S. The van der Waals surface area contributed by atoms with Crippen molar-refractivity contribution in [3.63, 3.8) is 0 Å². The van der Waals surface area contributed by atoms with Crippen LogP contribution >= 0.6 is 11.3 Å². The summed E-state index contributed by atoms with van der Waals surface area (Å²) in [4.78, 5) is 36.0. The van der Waals surface area contributed by atoms with Crippen LogP contribution < -0.4 is 20.3 Å². The van der Waals surface area contributed by atoms with Gasteiger partial charge in [0.1, 0.15) is 21.2 Å². The molecule has 9 heteroatoms. The Morgan fingerprint density at radius 2 is 1.97 bits per heavy atom. The molecule has 2 aromatic carbocycles. The van der Waals surface area contributed by atoms with Crippen LogP contribution in [0.15, 0.2) is 60.8 Å². The Hall–Kier alpha value is -3.95. The SMILES string of the molecule is Cc1cc(Oc2ccccc2)ccc1N1C(=O)Nc2c(C(=O)N(C)C3CCNC3)sc3nccc1c23. The van der Waals surface area contributed by atoms with Gasteiger partial charge in [-0.2, -0.15) is 0 Å². The first-order valence-electron chi connectivity index (χ1n) is 11.9. The molecule has 0 bridgehead atoms. The van der Waals surface area contributed by atoms with Gasteiger partial charge in [-0.3, -0.25) is 9.69 Å². The van der Waals surface area contributed by atoms with E-state index < -0.39 is 0 Å². The molecule has 0 radical (unpaired) electrons. The number of carbonyl (C=O) groups excluding carboxylic acids is 2. The van der Waals surface area contributed by atoms with E-state index in [0.717, 1.165) is 46.7 Å². The van der Waals surface area contributed by atoms with E-state index in [1.807, 2.05) is 68.6 Å². The molecule has 1 fully saturated rings. The number of rotatable bonds is 5. The standard InChI is InChI=1S/C27H25N5O3S/c1-16-14-19(35-18-6-4-3-5-7-18)8-9-20(16)32-21-11-13-29-25-22(21)23(30-27(32)34)24(36-25)26(33)31(2)17-10-12-28-15-17/h3-9,11,13-14,17,28H,10,12,15H2,1-2H3,(H,30,34). The van der Waals surface area contributed by atoms with Crippen molar-refractivity contribution in [2.45, 2.75) is 19.4 Å². The van der Waals surface area contributed by atoms with Crippen LogP contribution in [0.5, 0.6) is 11.5 Å². The van der Waals surface area contributed by atoms with E-state index in [4.69, 9.17) is 4.74 Å². The van der Waals surface area contributed by atoms with Crippen molar-refractivity contribution < 1.29 is 14.3 Å². The molecule has 1 saturated heterocycles. The number of likely N-dealkylation sites (N-methyl/N-ethyl adjacent to an activating group) is 1. The Balaban J connectivity index is 1.37. The second-order valence-electron chi connectivity index (χ2n) is 9.01. The maximum absolute atomic E-state index is 13.5. The van der Waals surface area contributed by atoms with Crippen molar-refractivity contribution in [3.05, 3.63) is 71.2 Å². The Bertz CT molecular complexity index is 1480. The fourth-order valence-corrected chi connectivity index (χ4v) is 5.94. The topological polar surface area (TPSA) is 86.8 Å². The molecule has 1 unspecified atom stereocenters. The van der Waals surface area contributed by atoms with E-state index in [-0.39, 0.29) is 18.0 Å². The summed E-state index contributed by atoms with van der Waals surface area (Å²) in [7, 11) is 1.82. The molecule has 36 heavy (non-hydrogen) atoms. The highest BCUT2D eigenvalue weighted by molar-refractivity contribution is 7.21. The molecule has 1 atom stereocenters. The molecule has 0 spiro atoms. The van der Waals surface area contributed by atoms with Crippen LogP contribution in [0.2, 0.25) is 0 Å². The Labute approximate surface area is 212 Å². The van der Waals surface area contributed by atoms with Gasteiger partial charge in [0, 0.05) is 25.8 Å². The number of nitrogens with one attached hydrogen (secondary N) is 2. The van der Waals surface area contributed by atoms with E-state index >= 15 is 0 Å². The number of anilines is 3. The molecule has 6 rings (SSSR count). The number of carbonyl (C=O) groups is 2. The number of urea groups is 1. The zero-order valence-corrected chi connectivity index (χ0v) is 20.8. The lowest BCUT2D eigenvalue weighted by molar-refractivity contribution is 0.0749. The number of ether oxygens (including phenoxy) is 1. The van der Waals surface area contributed by atoms with Crippen LogP contribution in [0.3, 0.4) is 0 Å². The number of aromatic nitrogens is 1. The normalized spacial score (nSPS) is 16.8. The first kappa shape index (κ1) is 22.5. The number of benzene rings is 2. The highest BCUT2D eigenvalue weighted by Crippen LogP contribution is 2.47. The number of para-hydroxylation sites is 1. The van der Waals surface area contributed by atoms with Crippen LogP contribution in [0.4, 0.5) is 21.9 Å². The van der Waals surface area contributed by atoms with Gasteiger partial charge in [0.25, 0.3) is 5.91 Å². The summed E-state index contributed by atoms with van der Waals surface area (Å²) in [6, 6.07) is 16.9. The van der Waals surface area contributed by atoms with Gasteiger partial charge in [0.05, 0.1) is 22.4 Å². The highest BCUT2D eigenvalue weighted by atomic mass is 32.1. The predicted octanol–water partition coefficient (Wildman–Crippen LogP) is 5.51. The molecule has 2 aliphatic rings. The number of hydrogen-bond acceptors (Lipinski definition) is 6. The summed E-state index contributed by atoms with van der Waals surface area (Å²) in [6.45, 7) is 3.62. The van der Waals surface area contributed by atoms with Crippen molar-refractivity contribution >= 4 is 50.6 Å².